The Labute approximate surface area is 145 Å². The summed E-state index contributed by atoms with van der Waals surface area (Å²) < 4.78 is 10.1. The molecule has 0 aliphatic heterocycles. The number of carboxylic acids is 1. The number of nitrogens with one attached hydrogen (secondary N) is 1. The molecule has 7 heteroatoms. The van der Waals surface area contributed by atoms with Gasteiger partial charge in [0.15, 0.2) is 5.69 Å². The number of carbonyl (C=O) groups excluding carboxylic acids is 1. The van der Waals surface area contributed by atoms with Crippen molar-refractivity contribution in [2.45, 2.75) is 19.4 Å². The van der Waals surface area contributed by atoms with Crippen LogP contribution in [-0.2, 0) is 16.1 Å². The van der Waals surface area contributed by atoms with Crippen molar-refractivity contribution in [3.8, 4) is 5.75 Å². The molecule has 132 valence electrons. The molecule has 0 amide bonds. The molecule has 1 aromatic carbocycles. The van der Waals surface area contributed by atoms with E-state index in [1.165, 1.54) is 13.2 Å². The SMILES string of the molecule is COC(=O)CCCOc1ccc(CNc2cccc(C(=O)O)n2)cc1. The number of hydrogen-bond donors (Lipinski definition) is 2. The summed E-state index contributed by atoms with van der Waals surface area (Å²) in [6, 6.07) is 12.3. The van der Waals surface area contributed by atoms with Gasteiger partial charge in [0.2, 0.25) is 0 Å². The van der Waals surface area contributed by atoms with Gasteiger partial charge in [0, 0.05) is 13.0 Å². The number of methoxy groups -OCH3 is 1. The number of hydrogen-bond acceptors (Lipinski definition) is 6. The van der Waals surface area contributed by atoms with E-state index in [-0.39, 0.29) is 11.7 Å². The topological polar surface area (TPSA) is 97.8 Å². The monoisotopic (exact) mass is 344 g/mol. The van der Waals surface area contributed by atoms with Crippen molar-refractivity contribution >= 4 is 17.8 Å². The van der Waals surface area contributed by atoms with Crippen LogP contribution in [-0.4, -0.2) is 35.7 Å². The number of nitrogens with zero attached hydrogens (tertiary/aromatic N) is 1. The van der Waals surface area contributed by atoms with E-state index >= 15 is 0 Å². The van der Waals surface area contributed by atoms with E-state index in [2.05, 4.69) is 15.0 Å². The van der Waals surface area contributed by atoms with Crippen LogP contribution in [0.1, 0.15) is 28.9 Å². The fourth-order valence-corrected chi connectivity index (χ4v) is 2.06. The van der Waals surface area contributed by atoms with Crippen molar-refractivity contribution in [1.29, 1.82) is 0 Å². The van der Waals surface area contributed by atoms with Gasteiger partial charge in [-0.05, 0) is 36.2 Å². The van der Waals surface area contributed by atoms with Gasteiger partial charge >= 0.3 is 11.9 Å². The van der Waals surface area contributed by atoms with E-state index in [1.54, 1.807) is 12.1 Å². The largest absolute Gasteiger partial charge is 0.494 e. The zero-order valence-corrected chi connectivity index (χ0v) is 13.9. The van der Waals surface area contributed by atoms with E-state index in [4.69, 9.17) is 9.84 Å². The van der Waals surface area contributed by atoms with Gasteiger partial charge in [0.1, 0.15) is 11.6 Å². The second-order valence-corrected chi connectivity index (χ2v) is 5.24. The van der Waals surface area contributed by atoms with Crippen LogP contribution >= 0.6 is 0 Å². The summed E-state index contributed by atoms with van der Waals surface area (Å²) in [5, 5.41) is 12.0. The van der Waals surface area contributed by atoms with Crippen LogP contribution in [0.25, 0.3) is 0 Å². The minimum Gasteiger partial charge on any atom is -0.494 e. The first-order valence-electron chi connectivity index (χ1n) is 7.81. The molecule has 0 unspecified atom stereocenters. The van der Waals surface area contributed by atoms with E-state index < -0.39 is 5.97 Å². The van der Waals surface area contributed by atoms with Gasteiger partial charge in [0.25, 0.3) is 0 Å². The highest BCUT2D eigenvalue weighted by Crippen LogP contribution is 2.14. The van der Waals surface area contributed by atoms with E-state index in [9.17, 15) is 9.59 Å². The standard InChI is InChI=1S/C18H20N2O5/c1-24-17(21)6-3-11-25-14-9-7-13(8-10-14)12-19-16-5-2-4-15(20-16)18(22)23/h2,4-5,7-10H,3,6,11-12H2,1H3,(H,19,20)(H,22,23). The zero-order chi connectivity index (χ0) is 18.1. The molecule has 0 saturated carbocycles. The van der Waals surface area contributed by atoms with E-state index in [0.29, 0.717) is 31.8 Å². The highest BCUT2D eigenvalue weighted by atomic mass is 16.5. The Bertz CT molecular complexity index is 716. The quantitative estimate of drug-likeness (QED) is 0.533. The van der Waals surface area contributed by atoms with Gasteiger partial charge in [-0.1, -0.05) is 18.2 Å². The molecule has 7 nitrogen and oxygen atoms in total. The van der Waals surface area contributed by atoms with Gasteiger partial charge in [-0.3, -0.25) is 4.79 Å². The number of aromatic carboxylic acids is 1. The van der Waals surface area contributed by atoms with Crippen LogP contribution in [0, 0.1) is 0 Å². The molecule has 0 aliphatic rings. The lowest BCUT2D eigenvalue weighted by Gasteiger charge is -2.08. The maximum absolute atomic E-state index is 11.0. The first kappa shape index (κ1) is 18.3. The molecule has 0 aliphatic carbocycles. The summed E-state index contributed by atoms with van der Waals surface area (Å²) in [4.78, 5) is 25.9. The van der Waals surface area contributed by atoms with Gasteiger partial charge in [-0.2, -0.15) is 0 Å². The van der Waals surface area contributed by atoms with Crippen molar-refractivity contribution < 1.29 is 24.2 Å². The molecular weight excluding hydrogens is 324 g/mol. The van der Waals surface area contributed by atoms with Crippen molar-refractivity contribution in [2.75, 3.05) is 19.0 Å². The van der Waals surface area contributed by atoms with Crippen LogP contribution in [0.3, 0.4) is 0 Å². The zero-order valence-electron chi connectivity index (χ0n) is 13.9. The Morgan fingerprint density at radius 3 is 2.60 bits per heavy atom. The predicted octanol–water partition coefficient (Wildman–Crippen LogP) is 2.72. The van der Waals surface area contributed by atoms with Crippen LogP contribution in [0.15, 0.2) is 42.5 Å². The summed E-state index contributed by atoms with van der Waals surface area (Å²) in [5.74, 6) is -0.0781. The lowest BCUT2D eigenvalue weighted by Crippen LogP contribution is -2.06. The normalized spacial score (nSPS) is 10.1. The molecule has 0 radical (unpaired) electrons. The minimum absolute atomic E-state index is 0.000651. The average molecular weight is 344 g/mol. The maximum Gasteiger partial charge on any atom is 0.354 e. The molecule has 25 heavy (non-hydrogen) atoms. The van der Waals surface area contributed by atoms with Gasteiger partial charge in [-0.25, -0.2) is 9.78 Å². The summed E-state index contributed by atoms with van der Waals surface area (Å²) in [6.45, 7) is 0.956. The second-order valence-electron chi connectivity index (χ2n) is 5.24. The first-order valence-corrected chi connectivity index (χ1v) is 7.81. The minimum atomic E-state index is -1.06. The van der Waals surface area contributed by atoms with Crippen LogP contribution in [0.4, 0.5) is 5.82 Å². The molecule has 1 heterocycles. The number of anilines is 1. The highest BCUT2D eigenvalue weighted by Gasteiger charge is 2.05. The molecule has 0 fully saturated rings. The Morgan fingerprint density at radius 1 is 1.16 bits per heavy atom. The number of benzene rings is 1. The molecular formula is C18H20N2O5. The Balaban J connectivity index is 1.79. The average Bonchev–Trinajstić information content (AvgIpc) is 2.64. The number of carboxylic acid groups (broad SMARTS) is 1. The lowest BCUT2D eigenvalue weighted by molar-refractivity contribution is -0.140. The number of pyridine rings is 1. The molecule has 1 aromatic heterocycles. The van der Waals surface area contributed by atoms with Crippen molar-refractivity contribution in [1.82, 2.24) is 4.98 Å². The van der Waals surface area contributed by atoms with Crippen LogP contribution in [0.5, 0.6) is 5.75 Å². The first-order chi connectivity index (χ1) is 12.1. The highest BCUT2D eigenvalue weighted by molar-refractivity contribution is 5.85. The molecule has 0 bridgehead atoms. The number of aromatic nitrogens is 1. The Kier molecular flexibility index (Phi) is 6.76. The van der Waals surface area contributed by atoms with Gasteiger partial charge < -0.3 is 19.9 Å². The summed E-state index contributed by atoms with van der Waals surface area (Å²) in [5.41, 5.74) is 1.00. The predicted molar refractivity (Wildman–Crippen MR) is 91.7 cm³/mol. The van der Waals surface area contributed by atoms with E-state index in [1.807, 2.05) is 24.3 Å². The Hall–Kier alpha value is -3.09. The molecule has 2 rings (SSSR count). The third-order valence-electron chi connectivity index (χ3n) is 3.39. The second kappa shape index (κ2) is 9.27. The van der Waals surface area contributed by atoms with E-state index in [0.717, 1.165) is 11.3 Å². The Morgan fingerprint density at radius 2 is 1.92 bits per heavy atom. The van der Waals surface area contributed by atoms with Crippen molar-refractivity contribution in [3.63, 3.8) is 0 Å². The molecule has 0 saturated heterocycles. The van der Waals surface area contributed by atoms with Gasteiger partial charge in [-0.15, -0.1) is 0 Å². The maximum atomic E-state index is 11.0. The number of ether oxygens (including phenoxy) is 2. The third kappa shape index (κ3) is 6.14. The van der Waals surface area contributed by atoms with Crippen molar-refractivity contribution in [2.24, 2.45) is 0 Å². The molecule has 2 aromatic rings. The third-order valence-corrected chi connectivity index (χ3v) is 3.39. The van der Waals surface area contributed by atoms with Crippen molar-refractivity contribution in [3.05, 3.63) is 53.7 Å². The molecule has 0 atom stereocenters. The molecule has 2 N–H and O–H groups in total. The summed E-state index contributed by atoms with van der Waals surface area (Å²) in [7, 11) is 1.36. The fraction of sp³-hybridized carbons (Fsp3) is 0.278. The summed E-state index contributed by atoms with van der Waals surface area (Å²) >= 11 is 0. The smallest absolute Gasteiger partial charge is 0.354 e. The fourth-order valence-electron chi connectivity index (χ4n) is 2.06. The van der Waals surface area contributed by atoms with Crippen LogP contribution in [0.2, 0.25) is 0 Å². The van der Waals surface area contributed by atoms with Gasteiger partial charge in [0.05, 0.1) is 13.7 Å². The number of carbonyl (C=O) groups is 2. The number of rotatable bonds is 9. The number of esters is 1. The lowest BCUT2D eigenvalue weighted by atomic mass is 10.2. The molecule has 0 spiro atoms. The summed E-state index contributed by atoms with van der Waals surface area (Å²) in [6.07, 6.45) is 0.933. The van der Waals surface area contributed by atoms with Crippen LogP contribution < -0.4 is 10.1 Å².